The largest absolute Gasteiger partial charge is 0.481 e. The molecule has 0 amide bonds. The molecule has 1 N–H and O–H groups in total. The minimum Gasteiger partial charge on any atom is -0.481 e. The fourth-order valence-corrected chi connectivity index (χ4v) is 4.04. The molecule has 0 saturated carbocycles. The van der Waals surface area contributed by atoms with Crippen molar-refractivity contribution in [1.82, 2.24) is 0 Å². The van der Waals surface area contributed by atoms with Gasteiger partial charge in [0.25, 0.3) is 0 Å². The van der Waals surface area contributed by atoms with Gasteiger partial charge in [0, 0.05) is 0 Å². The zero-order valence-corrected chi connectivity index (χ0v) is 14.4. The van der Waals surface area contributed by atoms with E-state index in [1.165, 1.54) is 0 Å². The number of rotatable bonds is 9. The first-order valence-corrected chi connectivity index (χ1v) is 9.36. The van der Waals surface area contributed by atoms with Crippen LogP contribution in [-0.2, 0) is 31.6 Å². The highest BCUT2D eigenvalue weighted by Crippen LogP contribution is 2.55. The predicted molar refractivity (Wildman–Crippen MR) is 91.8 cm³/mol. The molecular weight excluding hydrogens is 327 g/mol. The second-order valence-electron chi connectivity index (χ2n) is 5.32. The smallest absolute Gasteiger partial charge is 0.345 e. The zero-order valence-electron chi connectivity index (χ0n) is 13.5. The minimum atomic E-state index is -3.82. The van der Waals surface area contributed by atoms with E-state index in [2.05, 4.69) is 0 Å². The van der Waals surface area contributed by atoms with Crippen LogP contribution in [0.15, 0.2) is 60.7 Å². The van der Waals surface area contributed by atoms with Gasteiger partial charge in [-0.05, 0) is 17.5 Å². The Kier molecular flexibility index (Phi) is 6.73. The Labute approximate surface area is 141 Å². The molecule has 0 aliphatic rings. The lowest BCUT2D eigenvalue weighted by molar-refractivity contribution is -0.137. The van der Waals surface area contributed by atoms with Gasteiger partial charge in [0.1, 0.15) is 0 Å². The highest BCUT2D eigenvalue weighted by Gasteiger charge is 2.40. The first-order chi connectivity index (χ1) is 11.5. The fraction of sp³-hybridized carbons (Fsp3) is 0.278. The van der Waals surface area contributed by atoms with Crippen molar-refractivity contribution in [3.63, 3.8) is 0 Å². The summed E-state index contributed by atoms with van der Waals surface area (Å²) in [4.78, 5) is 11.5. The Morgan fingerprint density at radius 3 is 1.71 bits per heavy atom. The maximum atomic E-state index is 13.1. The summed E-state index contributed by atoms with van der Waals surface area (Å²) in [5.41, 5.74) is 0.424. The van der Waals surface area contributed by atoms with Gasteiger partial charge in [0.15, 0.2) is 5.66 Å². The maximum absolute atomic E-state index is 13.1. The second kappa shape index (κ2) is 8.78. The monoisotopic (exact) mass is 348 g/mol. The van der Waals surface area contributed by atoms with Crippen molar-refractivity contribution in [1.29, 1.82) is 0 Å². The lowest BCUT2D eigenvalue weighted by Gasteiger charge is -2.23. The number of benzene rings is 2. The minimum absolute atomic E-state index is 0.0384. The van der Waals surface area contributed by atoms with Crippen LogP contribution in [0.3, 0.4) is 0 Å². The number of aliphatic carboxylic acids is 1. The first kappa shape index (κ1) is 18.4. The predicted octanol–water partition coefficient (Wildman–Crippen LogP) is 4.48. The molecule has 1 unspecified atom stereocenters. The van der Waals surface area contributed by atoms with Crippen LogP contribution in [0.4, 0.5) is 0 Å². The van der Waals surface area contributed by atoms with Gasteiger partial charge in [-0.2, -0.15) is 0 Å². The molecule has 2 aromatic carbocycles. The van der Waals surface area contributed by atoms with Crippen LogP contribution in [-0.4, -0.2) is 16.7 Å². The molecule has 0 saturated heterocycles. The lowest BCUT2D eigenvalue weighted by atomic mass is 10.2. The van der Waals surface area contributed by atoms with Crippen LogP contribution in [0.2, 0.25) is 0 Å². The summed E-state index contributed by atoms with van der Waals surface area (Å²) in [5.74, 6) is -1.18. The van der Waals surface area contributed by atoms with E-state index in [9.17, 15) is 14.5 Å². The number of carboxylic acids is 1. The Balaban J connectivity index is 2.14. The van der Waals surface area contributed by atoms with Crippen molar-refractivity contribution in [3.8, 4) is 0 Å². The van der Waals surface area contributed by atoms with Crippen LogP contribution in [0, 0.1) is 0 Å². The van der Waals surface area contributed by atoms with E-state index >= 15 is 0 Å². The van der Waals surface area contributed by atoms with Gasteiger partial charge in [-0.1, -0.05) is 67.6 Å². The summed E-state index contributed by atoms with van der Waals surface area (Å²) in [6, 6.07) is 18.4. The van der Waals surface area contributed by atoms with E-state index in [-0.39, 0.29) is 19.6 Å². The van der Waals surface area contributed by atoms with Crippen LogP contribution in [0.1, 0.15) is 24.5 Å². The van der Waals surface area contributed by atoms with E-state index in [1.807, 2.05) is 60.7 Å². The molecule has 0 aliphatic carbocycles. The molecule has 0 heterocycles. The van der Waals surface area contributed by atoms with E-state index in [4.69, 9.17) is 9.05 Å². The number of carbonyl (C=O) groups is 1. The molecule has 0 fully saturated rings. The molecule has 128 valence electrons. The number of hydrogen-bond donors (Lipinski definition) is 1. The third kappa shape index (κ3) is 5.03. The van der Waals surface area contributed by atoms with Gasteiger partial charge in [-0.25, -0.2) is 0 Å². The van der Waals surface area contributed by atoms with Gasteiger partial charge in [-0.3, -0.25) is 9.36 Å². The molecule has 0 radical (unpaired) electrons. The Bertz CT molecular complexity index is 640. The topological polar surface area (TPSA) is 72.8 Å². The Morgan fingerprint density at radius 1 is 0.958 bits per heavy atom. The highest BCUT2D eigenvalue weighted by atomic mass is 31.2. The standard InChI is InChI=1S/C18H21O5P/c1-2-17(18(19)20)24(21,22-13-15-9-5-3-6-10-15)23-14-16-11-7-4-8-12-16/h3-12,17H,2,13-14H2,1H3,(H,19,20). The van der Waals surface area contributed by atoms with E-state index in [0.717, 1.165) is 11.1 Å². The maximum Gasteiger partial charge on any atom is 0.345 e. The summed E-state index contributed by atoms with van der Waals surface area (Å²) in [6.07, 6.45) is 0.163. The lowest BCUT2D eigenvalue weighted by Crippen LogP contribution is -2.22. The van der Waals surface area contributed by atoms with Crippen molar-refractivity contribution in [2.45, 2.75) is 32.2 Å². The Morgan fingerprint density at radius 2 is 1.38 bits per heavy atom. The van der Waals surface area contributed by atoms with Crippen molar-refractivity contribution >= 4 is 13.6 Å². The molecule has 1 atom stereocenters. The van der Waals surface area contributed by atoms with Gasteiger partial charge < -0.3 is 14.2 Å². The molecule has 6 heteroatoms. The molecule has 2 rings (SSSR count). The quantitative estimate of drug-likeness (QED) is 0.677. The summed E-state index contributed by atoms with van der Waals surface area (Å²) < 4.78 is 24.1. The third-order valence-electron chi connectivity index (χ3n) is 3.56. The van der Waals surface area contributed by atoms with Gasteiger partial charge in [0.05, 0.1) is 13.2 Å². The summed E-state index contributed by atoms with van der Waals surface area (Å²) in [6.45, 7) is 1.73. The van der Waals surface area contributed by atoms with Gasteiger partial charge >= 0.3 is 13.6 Å². The van der Waals surface area contributed by atoms with Crippen LogP contribution >= 0.6 is 7.60 Å². The van der Waals surface area contributed by atoms with E-state index in [0.29, 0.717) is 0 Å². The average molecular weight is 348 g/mol. The zero-order chi connectivity index (χ0) is 17.4. The van der Waals surface area contributed by atoms with Gasteiger partial charge in [0.2, 0.25) is 0 Å². The first-order valence-electron chi connectivity index (χ1n) is 7.74. The third-order valence-corrected chi connectivity index (χ3v) is 5.89. The average Bonchev–Trinajstić information content (AvgIpc) is 2.60. The molecule has 0 aliphatic heterocycles. The van der Waals surface area contributed by atoms with Crippen LogP contribution < -0.4 is 0 Å². The number of carboxylic acid groups (broad SMARTS) is 1. The molecule has 24 heavy (non-hydrogen) atoms. The highest BCUT2D eigenvalue weighted by molar-refractivity contribution is 7.55. The van der Waals surface area contributed by atoms with Crippen LogP contribution in [0.5, 0.6) is 0 Å². The molecule has 5 nitrogen and oxygen atoms in total. The molecule has 0 spiro atoms. The SMILES string of the molecule is CCC(C(=O)O)P(=O)(OCc1ccccc1)OCc1ccccc1. The van der Waals surface area contributed by atoms with Crippen LogP contribution in [0.25, 0.3) is 0 Å². The van der Waals surface area contributed by atoms with Crippen molar-refractivity contribution in [3.05, 3.63) is 71.8 Å². The summed E-state index contributed by atoms with van der Waals surface area (Å²) >= 11 is 0. The summed E-state index contributed by atoms with van der Waals surface area (Å²) in [5, 5.41) is 9.37. The second-order valence-corrected chi connectivity index (χ2v) is 7.54. The van der Waals surface area contributed by atoms with Crippen molar-refractivity contribution < 1.29 is 23.5 Å². The number of hydrogen-bond acceptors (Lipinski definition) is 4. The van der Waals surface area contributed by atoms with E-state index < -0.39 is 19.2 Å². The molecule has 2 aromatic rings. The molecular formula is C18H21O5P. The normalized spacial score (nSPS) is 12.7. The Hall–Kier alpha value is -1.94. The fourth-order valence-electron chi connectivity index (χ4n) is 2.23. The summed E-state index contributed by atoms with van der Waals surface area (Å²) in [7, 11) is -3.82. The molecule has 0 aromatic heterocycles. The molecule has 0 bridgehead atoms. The van der Waals surface area contributed by atoms with Crippen molar-refractivity contribution in [2.75, 3.05) is 0 Å². The van der Waals surface area contributed by atoms with E-state index in [1.54, 1.807) is 6.92 Å². The van der Waals surface area contributed by atoms with Gasteiger partial charge in [-0.15, -0.1) is 0 Å². The van der Waals surface area contributed by atoms with Crippen molar-refractivity contribution in [2.24, 2.45) is 0 Å².